The van der Waals surface area contributed by atoms with Crippen LogP contribution in [0, 0.1) is 6.92 Å². The van der Waals surface area contributed by atoms with E-state index in [0.717, 1.165) is 5.56 Å². The fourth-order valence-corrected chi connectivity index (χ4v) is 3.70. The second-order valence-electron chi connectivity index (χ2n) is 6.61. The highest BCUT2D eigenvalue weighted by atomic mass is 32.2. The van der Waals surface area contributed by atoms with E-state index >= 15 is 0 Å². The van der Waals surface area contributed by atoms with Crippen LogP contribution in [0.3, 0.4) is 0 Å². The normalized spacial score (nSPS) is 11.9. The first-order chi connectivity index (χ1) is 14.2. The number of aryl methyl sites for hydroxylation is 1. The summed E-state index contributed by atoms with van der Waals surface area (Å²) in [6.07, 6.45) is -0.0716. The Bertz CT molecular complexity index is 754. The highest BCUT2D eigenvalue weighted by Crippen LogP contribution is 2.16. The van der Waals surface area contributed by atoms with Crippen LogP contribution >= 0.6 is 0 Å². The third-order valence-corrected chi connectivity index (χ3v) is 5.69. The van der Waals surface area contributed by atoms with Crippen LogP contribution in [0.1, 0.15) is 18.4 Å². The van der Waals surface area contributed by atoms with Gasteiger partial charge in [0.25, 0.3) is 0 Å². The summed E-state index contributed by atoms with van der Waals surface area (Å²) in [7, 11) is -1.53. The lowest BCUT2D eigenvalue weighted by Gasteiger charge is -2.32. The van der Waals surface area contributed by atoms with Crippen molar-refractivity contribution in [3.63, 3.8) is 0 Å². The number of aliphatic hydroxyl groups is 1. The van der Waals surface area contributed by atoms with E-state index in [2.05, 4.69) is 14.2 Å². The number of methoxy groups -OCH3 is 2. The molecule has 0 unspecified atom stereocenters. The summed E-state index contributed by atoms with van der Waals surface area (Å²) >= 11 is 0. The van der Waals surface area contributed by atoms with Crippen LogP contribution in [0.5, 0.6) is 0 Å². The van der Waals surface area contributed by atoms with E-state index in [1.165, 1.54) is 26.4 Å². The summed E-state index contributed by atoms with van der Waals surface area (Å²) in [5, 5.41) is 9.97. The molecule has 0 saturated carbocycles. The Balaban J connectivity index is 2.90. The first-order valence-electron chi connectivity index (χ1n) is 9.18. The SMILES string of the molecule is COC(=O)CCOCC(CO)(COCCC(=O)OC)NS(=O)(=O)c1ccc(C)cc1. The molecule has 0 saturated heterocycles. The van der Waals surface area contributed by atoms with Crippen molar-refractivity contribution in [2.45, 2.75) is 30.2 Å². The molecular weight excluding hydrogens is 418 g/mol. The summed E-state index contributed by atoms with van der Waals surface area (Å²) < 4.78 is 47.9. The largest absolute Gasteiger partial charge is 0.469 e. The van der Waals surface area contributed by atoms with Gasteiger partial charge in [0.1, 0.15) is 5.54 Å². The molecular formula is C19H29NO9S. The molecule has 10 nitrogen and oxygen atoms in total. The molecule has 0 aromatic heterocycles. The predicted molar refractivity (Wildman–Crippen MR) is 106 cm³/mol. The molecule has 1 rings (SSSR count). The van der Waals surface area contributed by atoms with Crippen molar-refractivity contribution in [3.8, 4) is 0 Å². The number of rotatable bonds is 14. The number of carbonyl (C=O) groups excluding carboxylic acids is 2. The van der Waals surface area contributed by atoms with Crippen molar-refractivity contribution < 1.29 is 42.1 Å². The first-order valence-corrected chi connectivity index (χ1v) is 10.7. The van der Waals surface area contributed by atoms with Gasteiger partial charge in [0, 0.05) is 0 Å². The van der Waals surface area contributed by atoms with Gasteiger partial charge in [-0.2, -0.15) is 4.72 Å². The average Bonchev–Trinajstić information content (AvgIpc) is 2.73. The molecule has 0 aliphatic heterocycles. The van der Waals surface area contributed by atoms with Crippen LogP contribution in [0.15, 0.2) is 29.2 Å². The first kappa shape index (κ1) is 26.0. The number of benzene rings is 1. The van der Waals surface area contributed by atoms with Crippen LogP contribution in [-0.2, 0) is 38.6 Å². The van der Waals surface area contributed by atoms with Crippen molar-refractivity contribution in [1.29, 1.82) is 0 Å². The van der Waals surface area contributed by atoms with E-state index < -0.39 is 34.1 Å². The lowest BCUT2D eigenvalue weighted by atomic mass is 10.1. The van der Waals surface area contributed by atoms with Gasteiger partial charge in [-0.05, 0) is 19.1 Å². The van der Waals surface area contributed by atoms with Crippen LogP contribution in [0.4, 0.5) is 0 Å². The van der Waals surface area contributed by atoms with E-state index in [9.17, 15) is 23.1 Å². The molecule has 170 valence electrons. The van der Waals surface area contributed by atoms with Crippen molar-refractivity contribution in [3.05, 3.63) is 29.8 Å². The van der Waals surface area contributed by atoms with Crippen molar-refractivity contribution in [1.82, 2.24) is 4.72 Å². The molecule has 0 amide bonds. The molecule has 0 heterocycles. The molecule has 0 fully saturated rings. The minimum absolute atomic E-state index is 0.00930. The molecule has 2 N–H and O–H groups in total. The van der Waals surface area contributed by atoms with E-state index in [1.54, 1.807) is 12.1 Å². The van der Waals surface area contributed by atoms with Crippen LogP contribution in [0.2, 0.25) is 0 Å². The molecule has 0 atom stereocenters. The van der Waals surface area contributed by atoms with Crippen LogP contribution in [0.25, 0.3) is 0 Å². The highest BCUT2D eigenvalue weighted by Gasteiger charge is 2.36. The topological polar surface area (TPSA) is 137 Å². The number of nitrogens with one attached hydrogen (secondary N) is 1. The summed E-state index contributed by atoms with van der Waals surface area (Å²) in [4.78, 5) is 22.4. The van der Waals surface area contributed by atoms with Crippen molar-refractivity contribution >= 4 is 22.0 Å². The predicted octanol–water partition coefficient (Wildman–Crippen LogP) is 0.164. The number of hydrogen-bond acceptors (Lipinski definition) is 9. The third-order valence-electron chi connectivity index (χ3n) is 4.10. The van der Waals surface area contributed by atoms with E-state index in [1.807, 2.05) is 6.92 Å². The van der Waals surface area contributed by atoms with Crippen molar-refractivity contribution in [2.75, 3.05) is 47.3 Å². The Hall–Kier alpha value is -2.05. The number of aliphatic hydroxyl groups excluding tert-OH is 1. The zero-order chi connectivity index (χ0) is 22.6. The van der Waals surface area contributed by atoms with Crippen molar-refractivity contribution in [2.24, 2.45) is 0 Å². The Kier molecular flexibility index (Phi) is 10.9. The van der Waals surface area contributed by atoms with Crippen LogP contribution < -0.4 is 4.72 Å². The smallest absolute Gasteiger partial charge is 0.307 e. The third kappa shape index (κ3) is 8.76. The molecule has 30 heavy (non-hydrogen) atoms. The summed E-state index contributed by atoms with van der Waals surface area (Å²) in [6.45, 7) is 0.556. The number of sulfonamides is 1. The van der Waals surface area contributed by atoms with E-state index in [4.69, 9.17) is 9.47 Å². The Morgan fingerprint density at radius 2 is 1.43 bits per heavy atom. The highest BCUT2D eigenvalue weighted by molar-refractivity contribution is 7.89. The summed E-state index contributed by atoms with van der Waals surface area (Å²) in [5.41, 5.74) is -0.643. The molecule has 0 aliphatic rings. The lowest BCUT2D eigenvalue weighted by molar-refractivity contribution is -0.142. The fraction of sp³-hybridized carbons (Fsp3) is 0.579. The van der Waals surface area contributed by atoms with Gasteiger partial charge in [0.15, 0.2) is 0 Å². The van der Waals surface area contributed by atoms with Gasteiger partial charge in [0.05, 0.1) is 65.0 Å². The number of hydrogen-bond donors (Lipinski definition) is 2. The monoisotopic (exact) mass is 447 g/mol. The Morgan fingerprint density at radius 3 is 1.83 bits per heavy atom. The van der Waals surface area contributed by atoms with Gasteiger partial charge < -0.3 is 24.1 Å². The summed E-state index contributed by atoms with van der Waals surface area (Å²) in [6, 6.07) is 6.18. The van der Waals surface area contributed by atoms with Crippen LogP contribution in [-0.4, -0.2) is 78.3 Å². The minimum Gasteiger partial charge on any atom is -0.469 e. The zero-order valence-electron chi connectivity index (χ0n) is 17.4. The molecule has 0 aliphatic carbocycles. The van der Waals surface area contributed by atoms with Gasteiger partial charge in [-0.1, -0.05) is 17.7 Å². The van der Waals surface area contributed by atoms with E-state index in [0.29, 0.717) is 0 Å². The fourth-order valence-electron chi connectivity index (χ4n) is 2.34. The van der Waals surface area contributed by atoms with E-state index in [-0.39, 0.29) is 44.2 Å². The molecule has 1 aromatic rings. The molecule has 0 bridgehead atoms. The second kappa shape index (κ2) is 12.6. The number of esters is 2. The standard InChI is InChI=1S/C19H29NO9S/c1-15-4-6-16(7-5-15)30(24,25)20-19(12-21,13-28-10-8-17(22)26-2)14-29-11-9-18(23)27-3/h4-7,20-21H,8-14H2,1-3H3. The number of carbonyl (C=O) groups is 2. The van der Waals surface area contributed by atoms with Gasteiger partial charge in [-0.3, -0.25) is 9.59 Å². The minimum atomic E-state index is -4.02. The Labute approximate surface area is 176 Å². The zero-order valence-corrected chi connectivity index (χ0v) is 18.2. The maximum Gasteiger partial charge on any atom is 0.307 e. The second-order valence-corrected chi connectivity index (χ2v) is 8.30. The van der Waals surface area contributed by atoms with Gasteiger partial charge >= 0.3 is 11.9 Å². The lowest BCUT2D eigenvalue weighted by Crippen LogP contribution is -2.58. The van der Waals surface area contributed by atoms with Gasteiger partial charge in [-0.15, -0.1) is 0 Å². The Morgan fingerprint density at radius 1 is 0.967 bits per heavy atom. The van der Waals surface area contributed by atoms with Gasteiger partial charge in [-0.25, -0.2) is 8.42 Å². The maximum atomic E-state index is 12.8. The summed E-state index contributed by atoms with van der Waals surface area (Å²) in [5.74, 6) is -0.974. The molecule has 0 spiro atoms. The average molecular weight is 448 g/mol. The molecule has 0 radical (unpaired) electrons. The molecule has 1 aromatic carbocycles. The maximum absolute atomic E-state index is 12.8. The number of ether oxygens (including phenoxy) is 4. The van der Waals surface area contributed by atoms with Gasteiger partial charge in [0.2, 0.25) is 10.0 Å². The quantitative estimate of drug-likeness (QED) is 0.302. The molecule has 11 heteroatoms.